The van der Waals surface area contributed by atoms with Gasteiger partial charge in [0.1, 0.15) is 0 Å². The molecule has 0 aliphatic heterocycles. The van der Waals surface area contributed by atoms with Gasteiger partial charge in [-0.05, 0) is 12.8 Å². The Labute approximate surface area is 176 Å². The van der Waals surface area contributed by atoms with Crippen LogP contribution in [0.4, 0.5) is 0 Å². The van der Waals surface area contributed by atoms with E-state index in [0.29, 0.717) is 13.0 Å². The quantitative estimate of drug-likeness (QED) is 0.139. The summed E-state index contributed by atoms with van der Waals surface area (Å²) in [7, 11) is 0. The Morgan fingerprint density at radius 3 is 1.43 bits per heavy atom. The van der Waals surface area contributed by atoms with E-state index in [1.165, 1.54) is 83.5 Å². The Morgan fingerprint density at radius 2 is 1.04 bits per heavy atom. The van der Waals surface area contributed by atoms with Crippen LogP contribution in [0.2, 0.25) is 0 Å². The van der Waals surface area contributed by atoms with Crippen LogP contribution >= 0.6 is 0 Å². The molecule has 0 aromatic rings. The number of hydrogen-bond donors (Lipinski definition) is 1. The van der Waals surface area contributed by atoms with Crippen molar-refractivity contribution in [3.8, 4) is 0 Å². The van der Waals surface area contributed by atoms with E-state index in [0.717, 1.165) is 25.7 Å². The molecule has 0 aromatic carbocycles. The molecule has 5 nitrogen and oxygen atoms in total. The van der Waals surface area contributed by atoms with Gasteiger partial charge in [-0.15, -0.1) is 0 Å². The third-order valence-electron chi connectivity index (χ3n) is 4.75. The molecule has 1 atom stereocenters. The van der Waals surface area contributed by atoms with Crippen molar-refractivity contribution >= 4 is 17.3 Å². The minimum Gasteiger partial charge on any atom is -0.750 e. The summed E-state index contributed by atoms with van der Waals surface area (Å²) in [4.78, 5) is 11.4. The largest absolute Gasteiger partial charge is 0.750 e. The number of carbonyl (C=O) groups excluding carboxylic acids is 1. The molecule has 0 saturated heterocycles. The molecule has 0 aromatic heterocycles. The fourth-order valence-electron chi connectivity index (χ4n) is 3.07. The van der Waals surface area contributed by atoms with E-state index < -0.39 is 11.4 Å². The van der Waals surface area contributed by atoms with Crippen molar-refractivity contribution in [2.75, 3.05) is 6.61 Å². The molecular formula is C22H45O5S-. The molecule has 0 saturated carbocycles. The highest BCUT2D eigenvalue weighted by Gasteiger charge is 2.01. The summed E-state index contributed by atoms with van der Waals surface area (Å²) in [5.74, 6) is -0.00172. The Bertz CT molecular complexity index is 333. The lowest BCUT2D eigenvalue weighted by atomic mass is 10.0. The predicted octanol–water partition coefficient (Wildman–Crippen LogP) is 6.93. The number of esters is 1. The van der Waals surface area contributed by atoms with Crippen LogP contribution in [0.3, 0.4) is 0 Å². The van der Waals surface area contributed by atoms with Gasteiger partial charge >= 0.3 is 5.97 Å². The summed E-state index contributed by atoms with van der Waals surface area (Å²) in [6.07, 6.45) is 22.9. The van der Waals surface area contributed by atoms with Gasteiger partial charge in [0.2, 0.25) is 0 Å². The van der Waals surface area contributed by atoms with Crippen molar-refractivity contribution < 1.29 is 22.8 Å². The Kier molecular flexibility index (Phi) is 28.2. The molecule has 0 radical (unpaired) electrons. The third kappa shape index (κ3) is 33.1. The molecule has 0 aliphatic rings. The summed E-state index contributed by atoms with van der Waals surface area (Å²) in [5, 5.41) is 0. The zero-order chi connectivity index (χ0) is 21.3. The van der Waals surface area contributed by atoms with Gasteiger partial charge in [-0.25, -0.2) is 4.21 Å². The summed E-state index contributed by atoms with van der Waals surface area (Å²) in [6, 6.07) is 0. The second-order valence-corrected chi connectivity index (χ2v) is 7.93. The molecule has 0 aliphatic carbocycles. The van der Waals surface area contributed by atoms with Crippen LogP contribution in [0.15, 0.2) is 0 Å². The summed E-state index contributed by atoms with van der Waals surface area (Å²) in [5.41, 5.74) is 0. The van der Waals surface area contributed by atoms with Gasteiger partial charge in [-0.3, -0.25) is 4.79 Å². The summed E-state index contributed by atoms with van der Waals surface area (Å²) in [6.45, 7) is 5.06. The Hall–Kier alpha value is -0.460. The van der Waals surface area contributed by atoms with Crippen LogP contribution in [-0.2, 0) is 20.9 Å². The molecule has 0 heterocycles. The van der Waals surface area contributed by atoms with E-state index in [-0.39, 0.29) is 5.97 Å². The maximum absolute atomic E-state index is 11.4. The first kappa shape index (κ1) is 29.7. The van der Waals surface area contributed by atoms with E-state index in [1.54, 1.807) is 0 Å². The number of rotatable bonds is 19. The third-order valence-corrected chi connectivity index (χ3v) is 4.75. The van der Waals surface area contributed by atoms with Crippen LogP contribution in [0.5, 0.6) is 0 Å². The molecular weight excluding hydrogens is 376 g/mol. The van der Waals surface area contributed by atoms with Gasteiger partial charge in [0.25, 0.3) is 0 Å². The highest BCUT2D eigenvalue weighted by atomic mass is 32.2. The minimum absolute atomic E-state index is 0.00172. The van der Waals surface area contributed by atoms with Crippen LogP contribution in [-0.4, -0.2) is 25.9 Å². The fraction of sp³-hybridized carbons (Fsp3) is 0.955. The van der Waals surface area contributed by atoms with Gasteiger partial charge < -0.3 is 13.8 Å². The van der Waals surface area contributed by atoms with Gasteiger partial charge in [-0.2, -0.15) is 0 Å². The monoisotopic (exact) mass is 421 g/mol. The van der Waals surface area contributed by atoms with Crippen LogP contribution < -0.4 is 0 Å². The molecule has 170 valence electrons. The Balaban J connectivity index is 0. The van der Waals surface area contributed by atoms with Crippen LogP contribution in [0, 0.1) is 0 Å². The maximum atomic E-state index is 11.4. The predicted molar refractivity (Wildman–Crippen MR) is 117 cm³/mol. The zero-order valence-corrected chi connectivity index (χ0v) is 19.2. The van der Waals surface area contributed by atoms with E-state index in [9.17, 15) is 4.79 Å². The average Bonchev–Trinajstić information content (AvgIpc) is 2.64. The first-order chi connectivity index (χ1) is 13.5. The number of unbranched alkanes of at least 4 members (excludes halogenated alkanes) is 15. The highest BCUT2D eigenvalue weighted by Crippen LogP contribution is 2.13. The van der Waals surface area contributed by atoms with Crippen molar-refractivity contribution in [3.05, 3.63) is 0 Å². The van der Waals surface area contributed by atoms with Gasteiger partial charge in [-0.1, -0.05) is 110 Å². The molecule has 0 rings (SSSR count). The first-order valence-corrected chi connectivity index (χ1v) is 12.5. The molecule has 0 spiro atoms. The van der Waals surface area contributed by atoms with Gasteiger partial charge in [0.05, 0.1) is 18.0 Å². The lowest BCUT2D eigenvalue weighted by Gasteiger charge is -2.05. The lowest BCUT2D eigenvalue weighted by Crippen LogP contribution is -2.05. The smallest absolute Gasteiger partial charge is 0.305 e. The average molecular weight is 422 g/mol. The fourth-order valence-corrected chi connectivity index (χ4v) is 3.07. The van der Waals surface area contributed by atoms with Crippen molar-refractivity contribution in [2.45, 2.75) is 129 Å². The van der Waals surface area contributed by atoms with Crippen molar-refractivity contribution in [3.63, 3.8) is 0 Å². The highest BCUT2D eigenvalue weighted by molar-refractivity contribution is 7.73. The van der Waals surface area contributed by atoms with Crippen molar-refractivity contribution in [2.24, 2.45) is 0 Å². The number of ether oxygens (including phenoxy) is 1. The number of hydrogen-bond acceptors (Lipinski definition) is 4. The van der Waals surface area contributed by atoms with Gasteiger partial charge in [0, 0.05) is 6.42 Å². The Morgan fingerprint density at radius 1 is 0.714 bits per heavy atom. The van der Waals surface area contributed by atoms with Crippen molar-refractivity contribution in [1.29, 1.82) is 0 Å². The first-order valence-electron chi connectivity index (χ1n) is 11.5. The van der Waals surface area contributed by atoms with Crippen LogP contribution in [0.25, 0.3) is 0 Å². The summed E-state index contributed by atoms with van der Waals surface area (Å²) >= 11 is -2.86. The topological polar surface area (TPSA) is 86.7 Å². The van der Waals surface area contributed by atoms with Crippen LogP contribution in [0.1, 0.15) is 129 Å². The second-order valence-electron chi connectivity index (χ2n) is 7.49. The molecule has 0 fully saturated rings. The van der Waals surface area contributed by atoms with Gasteiger partial charge in [0.15, 0.2) is 0 Å². The molecule has 0 amide bonds. The number of carbonyl (C=O) groups is 1. The van der Waals surface area contributed by atoms with E-state index in [1.807, 2.05) is 0 Å². The molecule has 1 unspecified atom stereocenters. The molecule has 6 heteroatoms. The standard InChI is InChI=1S/C22H44O2.H2O3S/c1-3-5-7-8-9-10-11-12-13-14-15-16-17-19-21-24-22(23)20-18-6-4-2;1-4(2)3/h3-21H2,1-2H3;(H2,1,2,3)/p-1. The maximum Gasteiger partial charge on any atom is 0.305 e. The van der Waals surface area contributed by atoms with E-state index >= 15 is 0 Å². The molecule has 1 N–H and O–H groups in total. The summed E-state index contributed by atoms with van der Waals surface area (Å²) < 4.78 is 29.3. The second kappa shape index (κ2) is 26.5. The lowest BCUT2D eigenvalue weighted by molar-refractivity contribution is -0.143. The van der Waals surface area contributed by atoms with E-state index in [4.69, 9.17) is 18.1 Å². The minimum atomic E-state index is -2.86. The SMILES string of the molecule is CCCCCCCCCCCCCCCCOC(=O)CCCCC.O=S([O-])O. The van der Waals surface area contributed by atoms with E-state index in [2.05, 4.69) is 13.8 Å². The molecule has 0 bridgehead atoms. The normalized spacial score (nSPS) is 11.6. The molecule has 28 heavy (non-hydrogen) atoms. The van der Waals surface area contributed by atoms with Crippen molar-refractivity contribution in [1.82, 2.24) is 0 Å². The zero-order valence-electron chi connectivity index (χ0n) is 18.4.